The topological polar surface area (TPSA) is 21.6 Å². The van der Waals surface area contributed by atoms with E-state index in [-0.39, 0.29) is 19.0 Å². The summed E-state index contributed by atoms with van der Waals surface area (Å²) in [4.78, 5) is 3.44. The van der Waals surface area contributed by atoms with Gasteiger partial charge in [0.15, 0.2) is 5.90 Å². The van der Waals surface area contributed by atoms with Crippen molar-refractivity contribution in [2.75, 3.05) is 13.2 Å². The van der Waals surface area contributed by atoms with E-state index in [1.165, 1.54) is 0 Å². The zero-order chi connectivity index (χ0) is 15.8. The Morgan fingerprint density at radius 2 is 1.45 bits per heavy atom. The lowest BCUT2D eigenvalue weighted by molar-refractivity contribution is -0.396. The highest BCUT2D eigenvalue weighted by Crippen LogP contribution is 2.54. The summed E-state index contributed by atoms with van der Waals surface area (Å²) in [6.45, 7) is 0.0893. The minimum absolute atomic E-state index is 0.00993. The summed E-state index contributed by atoms with van der Waals surface area (Å²) in [6.07, 6.45) is -9.69. The van der Waals surface area contributed by atoms with Crippen molar-refractivity contribution in [1.82, 2.24) is 0 Å². The molecule has 0 spiro atoms. The van der Waals surface area contributed by atoms with Gasteiger partial charge in [0.25, 0.3) is 0 Å². The SMILES string of the molecule is FC(F)(F)C(F)(F)C(F)(F)C(F)(F)CCC1=NCCO1. The molecule has 0 unspecified atom stereocenters. The molecule has 0 saturated carbocycles. The molecule has 0 bridgehead atoms. The molecule has 118 valence electrons. The van der Waals surface area contributed by atoms with E-state index in [4.69, 9.17) is 0 Å². The average Bonchev–Trinajstić information content (AvgIpc) is 2.77. The van der Waals surface area contributed by atoms with Crippen LogP contribution in [0.5, 0.6) is 0 Å². The number of hydrogen-bond donors (Lipinski definition) is 0. The van der Waals surface area contributed by atoms with Crippen LogP contribution in [0.2, 0.25) is 0 Å². The van der Waals surface area contributed by atoms with Crippen LogP contribution in [0, 0.1) is 0 Å². The molecule has 1 aliphatic heterocycles. The minimum atomic E-state index is -6.85. The molecule has 1 heterocycles. The van der Waals surface area contributed by atoms with Crippen molar-refractivity contribution in [3.8, 4) is 0 Å². The van der Waals surface area contributed by atoms with Gasteiger partial charge in [-0.25, -0.2) is 0 Å². The third kappa shape index (κ3) is 2.80. The van der Waals surface area contributed by atoms with E-state index in [2.05, 4.69) is 9.73 Å². The molecule has 1 rings (SSSR count). The molecule has 0 atom stereocenters. The molecule has 0 aromatic carbocycles. The van der Waals surface area contributed by atoms with E-state index in [9.17, 15) is 39.5 Å². The fourth-order valence-electron chi connectivity index (χ4n) is 1.36. The van der Waals surface area contributed by atoms with Crippen molar-refractivity contribution in [3.63, 3.8) is 0 Å². The highest BCUT2D eigenvalue weighted by molar-refractivity contribution is 5.77. The van der Waals surface area contributed by atoms with Crippen LogP contribution in [0.4, 0.5) is 39.5 Å². The first-order valence-corrected chi connectivity index (χ1v) is 5.19. The first kappa shape index (κ1) is 16.9. The first-order chi connectivity index (χ1) is 8.83. The van der Waals surface area contributed by atoms with Gasteiger partial charge in [-0.05, 0) is 0 Å². The predicted molar refractivity (Wildman–Crippen MR) is 48.4 cm³/mol. The lowest BCUT2D eigenvalue weighted by atomic mass is 9.99. The highest BCUT2D eigenvalue weighted by Gasteiger charge is 2.81. The van der Waals surface area contributed by atoms with Gasteiger partial charge in [0.1, 0.15) is 6.61 Å². The summed E-state index contributed by atoms with van der Waals surface area (Å²) in [5, 5.41) is 0. The molecule has 0 aromatic heterocycles. The second-order valence-electron chi connectivity index (χ2n) is 3.97. The molecule has 11 heteroatoms. The summed E-state index contributed by atoms with van der Waals surface area (Å²) in [7, 11) is 0. The Morgan fingerprint density at radius 1 is 0.900 bits per heavy atom. The lowest BCUT2D eigenvalue weighted by Crippen LogP contribution is -2.60. The molecule has 0 fully saturated rings. The summed E-state index contributed by atoms with van der Waals surface area (Å²) in [6, 6.07) is 0. The summed E-state index contributed by atoms with van der Waals surface area (Å²) < 4.78 is 117. The van der Waals surface area contributed by atoms with Crippen molar-refractivity contribution in [3.05, 3.63) is 0 Å². The van der Waals surface area contributed by atoms with Crippen molar-refractivity contribution >= 4 is 5.90 Å². The van der Waals surface area contributed by atoms with Crippen molar-refractivity contribution in [2.45, 2.75) is 36.8 Å². The van der Waals surface area contributed by atoms with Crippen molar-refractivity contribution in [1.29, 1.82) is 0 Å². The zero-order valence-electron chi connectivity index (χ0n) is 9.59. The van der Waals surface area contributed by atoms with Gasteiger partial charge in [0, 0.05) is 12.8 Å². The van der Waals surface area contributed by atoms with Crippen LogP contribution >= 0.6 is 0 Å². The van der Waals surface area contributed by atoms with Gasteiger partial charge in [-0.1, -0.05) is 0 Å². The molecule has 20 heavy (non-hydrogen) atoms. The van der Waals surface area contributed by atoms with E-state index in [1.807, 2.05) is 0 Å². The average molecular weight is 317 g/mol. The second kappa shape index (κ2) is 4.99. The van der Waals surface area contributed by atoms with Gasteiger partial charge in [-0.2, -0.15) is 39.5 Å². The van der Waals surface area contributed by atoms with Crippen LogP contribution in [-0.2, 0) is 4.74 Å². The van der Waals surface area contributed by atoms with Crippen molar-refractivity contribution in [2.24, 2.45) is 4.99 Å². The Hall–Kier alpha value is -1.16. The number of rotatable bonds is 5. The number of ether oxygens (including phenoxy) is 1. The molecule has 0 N–H and O–H groups in total. The maximum Gasteiger partial charge on any atom is 0.460 e. The van der Waals surface area contributed by atoms with E-state index < -0.39 is 36.8 Å². The standard InChI is InChI=1S/C9H8F9NO/c10-6(11,2-1-5-19-3-4-20-5)7(12,13)8(14,15)9(16,17)18/h1-4H2. The van der Waals surface area contributed by atoms with E-state index in [0.717, 1.165) is 0 Å². The van der Waals surface area contributed by atoms with Gasteiger partial charge < -0.3 is 4.74 Å². The van der Waals surface area contributed by atoms with Gasteiger partial charge in [0.2, 0.25) is 0 Å². The fraction of sp³-hybridized carbons (Fsp3) is 0.889. The molecule has 0 aromatic rings. The van der Waals surface area contributed by atoms with Gasteiger partial charge in [-0.3, -0.25) is 4.99 Å². The number of alkyl halides is 9. The quantitative estimate of drug-likeness (QED) is 0.709. The van der Waals surface area contributed by atoms with Crippen LogP contribution in [0.3, 0.4) is 0 Å². The molecule has 2 nitrogen and oxygen atoms in total. The predicted octanol–water partition coefficient (Wildman–Crippen LogP) is 3.66. The summed E-state index contributed by atoms with van der Waals surface area (Å²) in [5.41, 5.74) is 0. The Labute approximate surface area is 106 Å². The van der Waals surface area contributed by atoms with Crippen LogP contribution in [0.15, 0.2) is 4.99 Å². The maximum atomic E-state index is 13.0. The van der Waals surface area contributed by atoms with E-state index >= 15 is 0 Å². The smallest absolute Gasteiger partial charge is 0.460 e. The molecule has 0 radical (unpaired) electrons. The molecular weight excluding hydrogens is 309 g/mol. The zero-order valence-corrected chi connectivity index (χ0v) is 9.59. The Morgan fingerprint density at radius 3 is 1.85 bits per heavy atom. The monoisotopic (exact) mass is 317 g/mol. The molecule has 0 saturated heterocycles. The summed E-state index contributed by atoms with van der Waals surface area (Å²) in [5.74, 6) is -19.4. The van der Waals surface area contributed by atoms with Crippen LogP contribution < -0.4 is 0 Å². The van der Waals surface area contributed by atoms with E-state index in [0.29, 0.717) is 0 Å². The molecular formula is C9H8F9NO. The van der Waals surface area contributed by atoms with Crippen molar-refractivity contribution < 1.29 is 44.3 Å². The van der Waals surface area contributed by atoms with Crippen LogP contribution in [0.1, 0.15) is 12.8 Å². The van der Waals surface area contributed by atoms with Gasteiger partial charge in [-0.15, -0.1) is 0 Å². The van der Waals surface area contributed by atoms with Gasteiger partial charge in [0.05, 0.1) is 6.54 Å². The number of halogens is 9. The van der Waals surface area contributed by atoms with Gasteiger partial charge >= 0.3 is 23.9 Å². The minimum Gasteiger partial charge on any atom is -0.479 e. The van der Waals surface area contributed by atoms with Crippen LogP contribution in [-0.4, -0.2) is 43.0 Å². The lowest BCUT2D eigenvalue weighted by Gasteiger charge is -2.33. The number of aliphatic imine (C=N–C) groups is 1. The fourth-order valence-corrected chi connectivity index (χ4v) is 1.36. The normalized spacial score (nSPS) is 17.9. The second-order valence-corrected chi connectivity index (χ2v) is 3.97. The summed E-state index contributed by atoms with van der Waals surface area (Å²) >= 11 is 0. The van der Waals surface area contributed by atoms with E-state index in [1.54, 1.807) is 0 Å². The Bertz CT molecular complexity index is 387. The number of nitrogens with zero attached hydrogens (tertiary/aromatic N) is 1. The van der Waals surface area contributed by atoms with Crippen LogP contribution in [0.25, 0.3) is 0 Å². The first-order valence-electron chi connectivity index (χ1n) is 5.19. The molecule has 0 aliphatic carbocycles. The molecule has 1 aliphatic rings. The number of hydrogen-bond acceptors (Lipinski definition) is 2. The molecule has 0 amide bonds. The largest absolute Gasteiger partial charge is 0.479 e. The third-order valence-corrected chi connectivity index (χ3v) is 2.51. The Kier molecular flexibility index (Phi) is 4.22. The highest BCUT2D eigenvalue weighted by atomic mass is 19.4. The Balaban J connectivity index is 2.87. The third-order valence-electron chi connectivity index (χ3n) is 2.51. The maximum absolute atomic E-state index is 13.0.